The quantitative estimate of drug-likeness (QED) is 0.596. The van der Waals surface area contributed by atoms with E-state index in [1.807, 2.05) is 48.5 Å². The van der Waals surface area contributed by atoms with Crippen molar-refractivity contribution < 1.29 is 14.2 Å². The van der Waals surface area contributed by atoms with E-state index in [4.69, 9.17) is 19.9 Å². The van der Waals surface area contributed by atoms with Gasteiger partial charge in [0.05, 0.1) is 6.61 Å². The Kier molecular flexibility index (Phi) is 5.76. The summed E-state index contributed by atoms with van der Waals surface area (Å²) in [5.41, 5.74) is 6.34. The highest BCUT2D eigenvalue weighted by atomic mass is 16.5. The van der Waals surface area contributed by atoms with Gasteiger partial charge in [0.2, 0.25) is 0 Å². The molecule has 21 heavy (non-hydrogen) atoms. The van der Waals surface area contributed by atoms with E-state index in [9.17, 15) is 0 Å². The van der Waals surface area contributed by atoms with Crippen LogP contribution in [0.3, 0.4) is 0 Å². The second kappa shape index (κ2) is 8.04. The number of para-hydroxylation sites is 2. The van der Waals surface area contributed by atoms with Gasteiger partial charge in [-0.2, -0.15) is 0 Å². The Balaban J connectivity index is 1.79. The van der Waals surface area contributed by atoms with Crippen molar-refractivity contribution in [2.45, 2.75) is 13.3 Å². The third kappa shape index (κ3) is 4.91. The molecule has 0 heterocycles. The molecule has 112 valence electrons. The molecule has 0 aliphatic rings. The van der Waals surface area contributed by atoms with Crippen LogP contribution in [0.25, 0.3) is 0 Å². The van der Waals surface area contributed by atoms with Crippen LogP contribution in [0.1, 0.15) is 13.3 Å². The number of benzene rings is 2. The SMILES string of the molecule is CCCOc1ccccc1OCCOc1ccc(N)cc1. The molecule has 0 atom stereocenters. The van der Waals surface area contributed by atoms with Gasteiger partial charge in [0.15, 0.2) is 11.5 Å². The van der Waals surface area contributed by atoms with Gasteiger partial charge < -0.3 is 19.9 Å². The molecule has 0 saturated heterocycles. The van der Waals surface area contributed by atoms with Crippen LogP contribution in [0.5, 0.6) is 17.2 Å². The zero-order valence-electron chi connectivity index (χ0n) is 12.2. The molecule has 4 heteroatoms. The Morgan fingerprint density at radius 1 is 0.762 bits per heavy atom. The highest BCUT2D eigenvalue weighted by molar-refractivity contribution is 5.41. The van der Waals surface area contributed by atoms with Gasteiger partial charge in [-0.1, -0.05) is 19.1 Å². The van der Waals surface area contributed by atoms with Crippen LogP contribution >= 0.6 is 0 Å². The van der Waals surface area contributed by atoms with E-state index < -0.39 is 0 Å². The molecule has 0 spiro atoms. The summed E-state index contributed by atoms with van der Waals surface area (Å²) in [7, 11) is 0. The number of hydrogen-bond acceptors (Lipinski definition) is 4. The summed E-state index contributed by atoms with van der Waals surface area (Å²) in [5.74, 6) is 2.29. The van der Waals surface area contributed by atoms with E-state index in [1.165, 1.54) is 0 Å². The number of hydrogen-bond donors (Lipinski definition) is 1. The molecule has 2 N–H and O–H groups in total. The fourth-order valence-corrected chi connectivity index (χ4v) is 1.78. The maximum absolute atomic E-state index is 5.70. The zero-order chi connectivity index (χ0) is 14.9. The molecule has 0 aliphatic heterocycles. The van der Waals surface area contributed by atoms with Crippen LogP contribution < -0.4 is 19.9 Å². The second-order valence-electron chi connectivity index (χ2n) is 4.56. The van der Waals surface area contributed by atoms with E-state index in [-0.39, 0.29) is 0 Å². The first-order chi connectivity index (χ1) is 10.3. The average Bonchev–Trinajstić information content (AvgIpc) is 2.52. The molecule has 4 nitrogen and oxygen atoms in total. The number of ether oxygens (including phenoxy) is 3. The first kappa shape index (κ1) is 15.0. The summed E-state index contributed by atoms with van der Waals surface area (Å²) in [6.07, 6.45) is 0.967. The van der Waals surface area contributed by atoms with E-state index >= 15 is 0 Å². The van der Waals surface area contributed by atoms with E-state index in [0.29, 0.717) is 19.8 Å². The van der Waals surface area contributed by atoms with Gasteiger partial charge in [-0.05, 0) is 42.8 Å². The summed E-state index contributed by atoms with van der Waals surface area (Å²) in [6, 6.07) is 15.0. The third-order valence-electron chi connectivity index (χ3n) is 2.80. The molecule has 0 unspecified atom stereocenters. The molecule has 0 aromatic heterocycles. The lowest BCUT2D eigenvalue weighted by molar-refractivity contribution is 0.207. The lowest BCUT2D eigenvalue weighted by Gasteiger charge is -2.12. The molecule has 0 aliphatic carbocycles. The largest absolute Gasteiger partial charge is 0.490 e. The monoisotopic (exact) mass is 287 g/mol. The number of nitrogen functional groups attached to an aromatic ring is 1. The minimum absolute atomic E-state index is 0.455. The average molecular weight is 287 g/mol. The third-order valence-corrected chi connectivity index (χ3v) is 2.80. The predicted octanol–water partition coefficient (Wildman–Crippen LogP) is 3.52. The lowest BCUT2D eigenvalue weighted by atomic mass is 10.3. The minimum Gasteiger partial charge on any atom is -0.490 e. The molecule has 0 amide bonds. The number of nitrogens with two attached hydrogens (primary N) is 1. The second-order valence-corrected chi connectivity index (χ2v) is 4.56. The van der Waals surface area contributed by atoms with Crippen molar-refractivity contribution in [3.05, 3.63) is 48.5 Å². The van der Waals surface area contributed by atoms with Gasteiger partial charge in [-0.15, -0.1) is 0 Å². The highest BCUT2D eigenvalue weighted by Crippen LogP contribution is 2.26. The first-order valence-electron chi connectivity index (χ1n) is 7.12. The highest BCUT2D eigenvalue weighted by Gasteiger charge is 2.03. The van der Waals surface area contributed by atoms with Crippen LogP contribution in [-0.4, -0.2) is 19.8 Å². The van der Waals surface area contributed by atoms with E-state index in [1.54, 1.807) is 0 Å². The van der Waals surface area contributed by atoms with Gasteiger partial charge >= 0.3 is 0 Å². The van der Waals surface area contributed by atoms with Crippen molar-refractivity contribution in [2.24, 2.45) is 0 Å². The van der Waals surface area contributed by atoms with Crippen molar-refractivity contribution in [2.75, 3.05) is 25.6 Å². The first-order valence-corrected chi connectivity index (χ1v) is 7.12. The van der Waals surface area contributed by atoms with Gasteiger partial charge in [0.25, 0.3) is 0 Å². The van der Waals surface area contributed by atoms with Crippen LogP contribution in [-0.2, 0) is 0 Å². The van der Waals surface area contributed by atoms with Crippen molar-refractivity contribution >= 4 is 5.69 Å². The molecule has 0 bridgehead atoms. The number of rotatable bonds is 8. The minimum atomic E-state index is 0.455. The molecule has 0 fully saturated rings. The number of anilines is 1. The topological polar surface area (TPSA) is 53.7 Å². The fourth-order valence-electron chi connectivity index (χ4n) is 1.78. The predicted molar refractivity (Wildman–Crippen MR) is 84.1 cm³/mol. The molecule has 2 rings (SSSR count). The molecular weight excluding hydrogens is 266 g/mol. The maximum Gasteiger partial charge on any atom is 0.161 e. The molecular formula is C17H21NO3. The van der Waals surface area contributed by atoms with Crippen LogP contribution in [0.4, 0.5) is 5.69 Å². The summed E-state index contributed by atoms with van der Waals surface area (Å²) >= 11 is 0. The van der Waals surface area contributed by atoms with Crippen LogP contribution in [0.15, 0.2) is 48.5 Å². The summed E-state index contributed by atoms with van der Waals surface area (Å²) in [4.78, 5) is 0. The smallest absolute Gasteiger partial charge is 0.161 e. The molecule has 2 aromatic rings. The van der Waals surface area contributed by atoms with Gasteiger partial charge in [0, 0.05) is 5.69 Å². The zero-order valence-corrected chi connectivity index (χ0v) is 12.2. The maximum atomic E-state index is 5.70. The Morgan fingerprint density at radius 2 is 1.33 bits per heavy atom. The van der Waals surface area contributed by atoms with Gasteiger partial charge in [-0.25, -0.2) is 0 Å². The van der Waals surface area contributed by atoms with Crippen LogP contribution in [0, 0.1) is 0 Å². The van der Waals surface area contributed by atoms with Gasteiger partial charge in [-0.3, -0.25) is 0 Å². The Morgan fingerprint density at radius 3 is 1.95 bits per heavy atom. The van der Waals surface area contributed by atoms with E-state index in [2.05, 4.69) is 6.92 Å². The van der Waals surface area contributed by atoms with Crippen LogP contribution in [0.2, 0.25) is 0 Å². The summed E-state index contributed by atoms with van der Waals surface area (Å²) in [5, 5.41) is 0. The van der Waals surface area contributed by atoms with Crippen molar-refractivity contribution in [3.8, 4) is 17.2 Å². The fraction of sp³-hybridized carbons (Fsp3) is 0.294. The summed E-state index contributed by atoms with van der Waals surface area (Å²) < 4.78 is 16.9. The summed E-state index contributed by atoms with van der Waals surface area (Å²) in [6.45, 7) is 3.68. The van der Waals surface area contributed by atoms with E-state index in [0.717, 1.165) is 29.4 Å². The lowest BCUT2D eigenvalue weighted by Crippen LogP contribution is -2.10. The van der Waals surface area contributed by atoms with Gasteiger partial charge in [0.1, 0.15) is 19.0 Å². The molecule has 2 aromatic carbocycles. The molecule has 0 saturated carbocycles. The Hall–Kier alpha value is -2.36. The normalized spacial score (nSPS) is 10.1. The van der Waals surface area contributed by atoms with Crippen molar-refractivity contribution in [1.29, 1.82) is 0 Å². The Labute approximate surface area is 125 Å². The Bertz CT molecular complexity index is 540. The van der Waals surface area contributed by atoms with Crippen molar-refractivity contribution in [1.82, 2.24) is 0 Å². The van der Waals surface area contributed by atoms with Crippen molar-refractivity contribution in [3.63, 3.8) is 0 Å². The standard InChI is InChI=1S/C17H21NO3/c1-2-11-20-16-5-3-4-6-17(16)21-13-12-19-15-9-7-14(18)8-10-15/h3-10H,2,11-13,18H2,1H3. The molecule has 0 radical (unpaired) electrons.